The molecule has 3 aromatic rings. The minimum atomic E-state index is -0.0886. The third-order valence-corrected chi connectivity index (χ3v) is 4.66. The number of aromatic nitrogens is 2. The largest absolute Gasteiger partial charge is 0.375 e. The van der Waals surface area contributed by atoms with Crippen LogP contribution in [0, 0.1) is 6.92 Å². The molecule has 3 rings (SSSR count). The van der Waals surface area contributed by atoms with Gasteiger partial charge in [0.2, 0.25) is 5.91 Å². The summed E-state index contributed by atoms with van der Waals surface area (Å²) >= 11 is 1.44. The van der Waals surface area contributed by atoms with Gasteiger partial charge in [-0.05, 0) is 36.8 Å². The van der Waals surface area contributed by atoms with Gasteiger partial charge in [-0.3, -0.25) is 10.2 Å². The third kappa shape index (κ3) is 3.77. The number of carbonyl (C=O) groups is 1. The van der Waals surface area contributed by atoms with Crippen molar-refractivity contribution in [2.24, 2.45) is 0 Å². The Labute approximate surface area is 150 Å². The summed E-state index contributed by atoms with van der Waals surface area (Å²) in [6.45, 7) is 3.74. The number of thiazole rings is 1. The van der Waals surface area contributed by atoms with E-state index in [4.69, 9.17) is 5.73 Å². The Hall–Kier alpha value is -2.93. The van der Waals surface area contributed by atoms with Gasteiger partial charge in [0, 0.05) is 12.6 Å². The zero-order valence-electron chi connectivity index (χ0n) is 14.1. The van der Waals surface area contributed by atoms with E-state index in [0.717, 1.165) is 21.8 Å². The third-order valence-electron chi connectivity index (χ3n) is 3.62. The smallest absolute Gasteiger partial charge is 0.238 e. The van der Waals surface area contributed by atoms with Crippen LogP contribution in [0.4, 0.5) is 16.6 Å². The van der Waals surface area contributed by atoms with Crippen LogP contribution in [0.3, 0.4) is 0 Å². The van der Waals surface area contributed by atoms with Gasteiger partial charge in [-0.15, -0.1) is 0 Å². The van der Waals surface area contributed by atoms with Crippen LogP contribution in [0.1, 0.15) is 19.0 Å². The molecule has 0 atom stereocenters. The molecule has 2 aromatic heterocycles. The van der Waals surface area contributed by atoms with Crippen molar-refractivity contribution in [2.75, 3.05) is 10.7 Å². The summed E-state index contributed by atoms with van der Waals surface area (Å²) in [6, 6.07) is 13.4. The highest BCUT2D eigenvalue weighted by Crippen LogP contribution is 2.33. The van der Waals surface area contributed by atoms with Crippen molar-refractivity contribution in [3.63, 3.8) is 0 Å². The number of carbonyl (C=O) groups excluding carboxylic acids is 1. The fraction of sp³-hybridized carbons (Fsp3) is 0.167. The molecular weight excluding hydrogens is 334 g/mol. The fourth-order valence-electron chi connectivity index (χ4n) is 2.40. The molecule has 1 amide bonds. The predicted molar refractivity (Wildman–Crippen MR) is 102 cm³/mol. The Balaban J connectivity index is 2.03. The number of rotatable bonds is 5. The van der Waals surface area contributed by atoms with Gasteiger partial charge in [-0.2, -0.15) is 0 Å². The van der Waals surface area contributed by atoms with Gasteiger partial charge in [0.05, 0.1) is 16.3 Å². The molecule has 25 heavy (non-hydrogen) atoms. The molecule has 0 unspecified atom stereocenters. The van der Waals surface area contributed by atoms with Gasteiger partial charge >= 0.3 is 0 Å². The molecule has 0 saturated carbocycles. The van der Waals surface area contributed by atoms with E-state index in [0.29, 0.717) is 17.4 Å². The first kappa shape index (κ1) is 16.9. The summed E-state index contributed by atoms with van der Waals surface area (Å²) in [5.41, 5.74) is 11.4. The number of amides is 1. The van der Waals surface area contributed by atoms with Crippen LogP contribution in [0.5, 0.6) is 0 Å². The van der Waals surface area contributed by atoms with E-state index in [1.54, 1.807) is 11.2 Å². The predicted octanol–water partition coefficient (Wildman–Crippen LogP) is 3.68. The lowest BCUT2D eigenvalue weighted by Gasteiger charge is -2.24. The Morgan fingerprint density at radius 3 is 2.68 bits per heavy atom. The fourth-order valence-corrected chi connectivity index (χ4v) is 3.23. The summed E-state index contributed by atoms with van der Waals surface area (Å²) in [4.78, 5) is 21.7. The maximum Gasteiger partial charge on any atom is 0.238 e. The topological polar surface area (TPSA) is 84.1 Å². The first-order chi connectivity index (χ1) is 12.1. The number of hydrazine groups is 1. The second-order valence-electron chi connectivity index (χ2n) is 5.43. The van der Waals surface area contributed by atoms with Crippen molar-refractivity contribution in [3.05, 3.63) is 54.4 Å². The van der Waals surface area contributed by atoms with E-state index in [-0.39, 0.29) is 5.91 Å². The summed E-state index contributed by atoms with van der Waals surface area (Å²) < 4.78 is 0. The van der Waals surface area contributed by atoms with Gasteiger partial charge in [-0.1, -0.05) is 36.5 Å². The first-order valence-electron chi connectivity index (χ1n) is 7.92. The second kappa shape index (κ2) is 7.31. The minimum Gasteiger partial charge on any atom is -0.375 e. The van der Waals surface area contributed by atoms with Crippen LogP contribution in [-0.4, -0.2) is 15.9 Å². The van der Waals surface area contributed by atoms with E-state index in [2.05, 4.69) is 15.4 Å². The van der Waals surface area contributed by atoms with E-state index in [1.165, 1.54) is 11.3 Å². The van der Waals surface area contributed by atoms with E-state index in [9.17, 15) is 4.79 Å². The number of para-hydroxylation sites is 1. The number of nitrogens with two attached hydrogens (primary N) is 1. The molecule has 0 radical (unpaired) electrons. The number of hydrogen-bond acceptors (Lipinski definition) is 6. The SMILES string of the molecule is CCC(=O)NN(c1ccccc1)c1cc(-c2sc(N)nc2C)ccn1. The second-order valence-corrected chi connectivity index (χ2v) is 6.46. The van der Waals surface area contributed by atoms with Crippen LogP contribution < -0.4 is 16.2 Å². The molecule has 2 heterocycles. The highest BCUT2D eigenvalue weighted by atomic mass is 32.1. The molecule has 0 spiro atoms. The monoisotopic (exact) mass is 353 g/mol. The van der Waals surface area contributed by atoms with Crippen LogP contribution in [0.2, 0.25) is 0 Å². The Bertz CT molecular complexity index is 878. The first-order valence-corrected chi connectivity index (χ1v) is 8.74. The van der Waals surface area contributed by atoms with Gasteiger partial charge in [-0.25, -0.2) is 15.0 Å². The maximum absolute atomic E-state index is 12.0. The Morgan fingerprint density at radius 1 is 1.28 bits per heavy atom. The lowest BCUT2D eigenvalue weighted by molar-refractivity contribution is -0.120. The number of aryl methyl sites for hydroxylation is 1. The molecule has 0 aliphatic carbocycles. The average Bonchev–Trinajstić information content (AvgIpc) is 2.98. The lowest BCUT2D eigenvalue weighted by Crippen LogP contribution is -2.39. The molecule has 1 aromatic carbocycles. The van der Waals surface area contributed by atoms with Crippen LogP contribution in [-0.2, 0) is 4.79 Å². The van der Waals surface area contributed by atoms with Crippen molar-refractivity contribution in [3.8, 4) is 10.4 Å². The highest BCUT2D eigenvalue weighted by molar-refractivity contribution is 7.18. The number of benzene rings is 1. The van der Waals surface area contributed by atoms with Crippen LogP contribution >= 0.6 is 11.3 Å². The average molecular weight is 353 g/mol. The number of nitrogens with one attached hydrogen (secondary N) is 1. The molecule has 3 N–H and O–H groups in total. The van der Waals surface area contributed by atoms with Gasteiger partial charge in [0.15, 0.2) is 10.9 Å². The molecule has 7 heteroatoms. The van der Waals surface area contributed by atoms with Crippen molar-refractivity contribution >= 4 is 33.9 Å². The Kier molecular flexibility index (Phi) is 4.95. The standard InChI is InChI=1S/C18H19N5OS/c1-3-16(24)22-23(14-7-5-4-6-8-14)15-11-13(9-10-20-15)17-12(2)21-18(19)25-17/h4-11H,3H2,1-2H3,(H2,19,21)(H,22,24). The van der Waals surface area contributed by atoms with Gasteiger partial charge in [0.1, 0.15) is 0 Å². The molecular formula is C18H19N5OS. The molecule has 0 aliphatic heterocycles. The Morgan fingerprint density at radius 2 is 2.04 bits per heavy atom. The number of pyridine rings is 1. The summed E-state index contributed by atoms with van der Waals surface area (Å²) in [5, 5.41) is 2.22. The van der Waals surface area contributed by atoms with Crippen molar-refractivity contribution in [1.82, 2.24) is 15.4 Å². The normalized spacial score (nSPS) is 10.5. The molecule has 6 nitrogen and oxygen atoms in total. The van der Waals surface area contributed by atoms with Crippen LogP contribution in [0.25, 0.3) is 10.4 Å². The molecule has 0 bridgehead atoms. The van der Waals surface area contributed by atoms with E-state index >= 15 is 0 Å². The summed E-state index contributed by atoms with van der Waals surface area (Å²) in [5.74, 6) is 0.533. The molecule has 0 saturated heterocycles. The molecule has 128 valence electrons. The highest BCUT2D eigenvalue weighted by Gasteiger charge is 2.15. The van der Waals surface area contributed by atoms with E-state index < -0.39 is 0 Å². The number of nitrogen functional groups attached to an aromatic ring is 1. The zero-order chi connectivity index (χ0) is 17.8. The minimum absolute atomic E-state index is 0.0886. The number of nitrogens with zero attached hydrogens (tertiary/aromatic N) is 3. The molecule has 0 aliphatic rings. The maximum atomic E-state index is 12.0. The van der Waals surface area contributed by atoms with Crippen molar-refractivity contribution in [2.45, 2.75) is 20.3 Å². The zero-order valence-corrected chi connectivity index (χ0v) is 14.9. The van der Waals surface area contributed by atoms with Crippen molar-refractivity contribution < 1.29 is 4.79 Å². The van der Waals surface area contributed by atoms with Gasteiger partial charge in [0.25, 0.3) is 0 Å². The summed E-state index contributed by atoms with van der Waals surface area (Å²) in [7, 11) is 0. The van der Waals surface area contributed by atoms with E-state index in [1.807, 2.05) is 56.3 Å². The van der Waals surface area contributed by atoms with Crippen molar-refractivity contribution in [1.29, 1.82) is 0 Å². The summed E-state index contributed by atoms with van der Waals surface area (Å²) in [6.07, 6.45) is 2.10. The van der Waals surface area contributed by atoms with Gasteiger partial charge < -0.3 is 5.73 Å². The molecule has 0 fully saturated rings. The lowest BCUT2D eigenvalue weighted by atomic mass is 10.2. The van der Waals surface area contributed by atoms with Crippen LogP contribution in [0.15, 0.2) is 48.7 Å². The number of hydrogen-bond donors (Lipinski definition) is 2. The quantitative estimate of drug-likeness (QED) is 0.684. The number of anilines is 3.